The molecule has 1 amide bonds. The van der Waals surface area contributed by atoms with Crippen LogP contribution in [0.5, 0.6) is 0 Å². The molecule has 0 aromatic heterocycles. The predicted octanol–water partition coefficient (Wildman–Crippen LogP) is 3.59. The molecule has 1 fully saturated rings. The number of sulfonamides is 1. The molecule has 1 N–H and O–H groups in total. The third kappa shape index (κ3) is 5.24. The number of rotatable bonds is 6. The zero-order valence-electron chi connectivity index (χ0n) is 15.0. The van der Waals surface area contributed by atoms with Crippen LogP contribution < -0.4 is 5.32 Å². The minimum Gasteiger partial charge on any atom is -0.379 e. The molecule has 6 nitrogen and oxygen atoms in total. The Morgan fingerprint density at radius 1 is 1.07 bits per heavy atom. The zero-order chi connectivity index (χ0) is 20.1. The minimum absolute atomic E-state index is 0.185. The van der Waals surface area contributed by atoms with Crippen molar-refractivity contribution in [2.45, 2.75) is 17.7 Å². The molecule has 1 heterocycles. The fourth-order valence-electron chi connectivity index (χ4n) is 2.84. The fourth-order valence-corrected chi connectivity index (χ4v) is 4.75. The van der Waals surface area contributed by atoms with E-state index in [2.05, 4.69) is 5.32 Å². The number of hydrogen-bond donors (Lipinski definition) is 1. The molecule has 1 aliphatic heterocycles. The Kier molecular flexibility index (Phi) is 6.95. The van der Waals surface area contributed by atoms with Crippen LogP contribution in [0.3, 0.4) is 0 Å². The van der Waals surface area contributed by atoms with Gasteiger partial charge in [-0.15, -0.1) is 0 Å². The first-order valence-corrected chi connectivity index (χ1v) is 11.0. The number of anilines is 1. The number of nitrogens with one attached hydrogen (secondary N) is 1. The Morgan fingerprint density at radius 3 is 2.39 bits per heavy atom. The number of amides is 1. The van der Waals surface area contributed by atoms with E-state index in [1.54, 1.807) is 30.3 Å². The van der Waals surface area contributed by atoms with Crippen molar-refractivity contribution in [2.75, 3.05) is 31.6 Å². The Morgan fingerprint density at radius 2 is 1.75 bits per heavy atom. The quantitative estimate of drug-likeness (QED) is 0.741. The summed E-state index contributed by atoms with van der Waals surface area (Å²) in [6.45, 7) is 1.47. The first-order chi connectivity index (χ1) is 13.4. The average molecular weight is 443 g/mol. The molecule has 3 rings (SSSR count). The van der Waals surface area contributed by atoms with Crippen molar-refractivity contribution in [3.8, 4) is 0 Å². The van der Waals surface area contributed by atoms with Gasteiger partial charge in [0.25, 0.3) is 0 Å². The molecule has 0 unspecified atom stereocenters. The largest absolute Gasteiger partial charge is 0.379 e. The summed E-state index contributed by atoms with van der Waals surface area (Å²) in [5, 5.41) is 3.84. The highest BCUT2D eigenvalue weighted by Crippen LogP contribution is 2.23. The Bertz CT molecular complexity index is 943. The molecule has 2 aromatic rings. The summed E-state index contributed by atoms with van der Waals surface area (Å²) in [5.41, 5.74) is 1.38. The van der Waals surface area contributed by atoms with Gasteiger partial charge in [-0.05, 0) is 48.4 Å². The summed E-state index contributed by atoms with van der Waals surface area (Å²) < 4.78 is 31.8. The molecule has 0 radical (unpaired) electrons. The molecular weight excluding hydrogens is 423 g/mol. The van der Waals surface area contributed by atoms with E-state index in [-0.39, 0.29) is 17.2 Å². The monoisotopic (exact) mass is 442 g/mol. The Hall–Kier alpha value is -1.64. The molecule has 0 saturated carbocycles. The second kappa shape index (κ2) is 9.24. The number of aryl methyl sites for hydroxylation is 1. The third-order valence-corrected chi connectivity index (χ3v) is 6.88. The summed E-state index contributed by atoms with van der Waals surface area (Å²) in [6, 6.07) is 11.3. The van der Waals surface area contributed by atoms with Crippen LogP contribution in [0.2, 0.25) is 10.0 Å². The van der Waals surface area contributed by atoms with E-state index in [4.69, 9.17) is 27.9 Å². The van der Waals surface area contributed by atoms with Crippen molar-refractivity contribution in [1.82, 2.24) is 4.31 Å². The second-order valence-electron chi connectivity index (χ2n) is 6.32. The van der Waals surface area contributed by atoms with E-state index in [0.29, 0.717) is 48.5 Å². The maximum absolute atomic E-state index is 12.6. The third-order valence-electron chi connectivity index (χ3n) is 4.38. The van der Waals surface area contributed by atoms with Crippen LogP contribution in [0.15, 0.2) is 47.4 Å². The van der Waals surface area contributed by atoms with E-state index >= 15 is 0 Å². The first-order valence-electron chi connectivity index (χ1n) is 8.78. The maximum Gasteiger partial charge on any atom is 0.243 e. The minimum atomic E-state index is -3.55. The molecule has 28 heavy (non-hydrogen) atoms. The van der Waals surface area contributed by atoms with Gasteiger partial charge in [0, 0.05) is 35.2 Å². The van der Waals surface area contributed by atoms with Gasteiger partial charge in [-0.1, -0.05) is 29.3 Å². The normalized spacial score (nSPS) is 15.4. The van der Waals surface area contributed by atoms with Gasteiger partial charge in [0.15, 0.2) is 0 Å². The van der Waals surface area contributed by atoms with E-state index < -0.39 is 10.0 Å². The topological polar surface area (TPSA) is 75.7 Å². The van der Waals surface area contributed by atoms with Crippen LogP contribution in [0, 0.1) is 0 Å². The van der Waals surface area contributed by atoms with E-state index in [0.717, 1.165) is 5.56 Å². The molecule has 0 aliphatic carbocycles. The number of morpholine rings is 1. The van der Waals surface area contributed by atoms with Crippen molar-refractivity contribution in [3.63, 3.8) is 0 Å². The molecule has 0 spiro atoms. The number of ether oxygens (including phenoxy) is 1. The van der Waals surface area contributed by atoms with E-state index in [1.807, 2.05) is 0 Å². The number of halogens is 2. The van der Waals surface area contributed by atoms with Crippen LogP contribution >= 0.6 is 23.2 Å². The molecule has 150 valence electrons. The number of benzene rings is 2. The second-order valence-corrected chi connectivity index (χ2v) is 9.11. The summed E-state index contributed by atoms with van der Waals surface area (Å²) in [4.78, 5) is 12.4. The lowest BCUT2D eigenvalue weighted by Gasteiger charge is -2.26. The SMILES string of the molecule is O=C(CCc1ccc(Cl)cc1Cl)Nc1ccc(S(=O)(=O)N2CCOCC2)cc1. The fraction of sp³-hybridized carbons (Fsp3) is 0.316. The van der Waals surface area contributed by atoms with Crippen LogP contribution in [0.1, 0.15) is 12.0 Å². The molecule has 9 heteroatoms. The highest BCUT2D eigenvalue weighted by Gasteiger charge is 2.26. The van der Waals surface area contributed by atoms with Crippen LogP contribution in [-0.4, -0.2) is 44.9 Å². The van der Waals surface area contributed by atoms with Crippen LogP contribution in [0.25, 0.3) is 0 Å². The van der Waals surface area contributed by atoms with Crippen molar-refractivity contribution in [2.24, 2.45) is 0 Å². The zero-order valence-corrected chi connectivity index (χ0v) is 17.4. The lowest BCUT2D eigenvalue weighted by Crippen LogP contribution is -2.40. The molecular formula is C19H20Cl2N2O4S. The summed E-state index contributed by atoms with van der Waals surface area (Å²) in [6.07, 6.45) is 0.723. The molecule has 0 bridgehead atoms. The highest BCUT2D eigenvalue weighted by atomic mass is 35.5. The van der Waals surface area contributed by atoms with Gasteiger partial charge in [0.1, 0.15) is 0 Å². The van der Waals surface area contributed by atoms with E-state index in [1.165, 1.54) is 16.4 Å². The summed E-state index contributed by atoms with van der Waals surface area (Å²) in [5.74, 6) is -0.185. The van der Waals surface area contributed by atoms with Crippen molar-refractivity contribution in [1.29, 1.82) is 0 Å². The van der Waals surface area contributed by atoms with Crippen molar-refractivity contribution in [3.05, 3.63) is 58.1 Å². The smallest absolute Gasteiger partial charge is 0.243 e. The number of hydrogen-bond acceptors (Lipinski definition) is 4. The van der Waals surface area contributed by atoms with Gasteiger partial charge in [0.2, 0.25) is 15.9 Å². The van der Waals surface area contributed by atoms with Gasteiger partial charge in [-0.25, -0.2) is 8.42 Å². The number of carbonyl (C=O) groups is 1. The Labute approximate surface area is 174 Å². The lowest BCUT2D eigenvalue weighted by atomic mass is 10.1. The number of nitrogens with zero attached hydrogens (tertiary/aromatic N) is 1. The lowest BCUT2D eigenvalue weighted by molar-refractivity contribution is -0.116. The molecule has 0 atom stereocenters. The van der Waals surface area contributed by atoms with Gasteiger partial charge >= 0.3 is 0 Å². The van der Waals surface area contributed by atoms with Gasteiger partial charge in [-0.3, -0.25) is 4.79 Å². The maximum atomic E-state index is 12.6. The summed E-state index contributed by atoms with van der Waals surface area (Å²) in [7, 11) is -3.55. The van der Waals surface area contributed by atoms with Crippen LogP contribution in [-0.2, 0) is 26.0 Å². The molecule has 1 saturated heterocycles. The summed E-state index contributed by atoms with van der Waals surface area (Å²) >= 11 is 12.0. The first kappa shape index (κ1) is 21.1. The number of carbonyl (C=O) groups excluding carboxylic acids is 1. The van der Waals surface area contributed by atoms with Gasteiger partial charge in [-0.2, -0.15) is 4.31 Å². The van der Waals surface area contributed by atoms with Crippen molar-refractivity contribution >= 4 is 44.8 Å². The predicted molar refractivity (Wildman–Crippen MR) is 109 cm³/mol. The van der Waals surface area contributed by atoms with Gasteiger partial charge < -0.3 is 10.1 Å². The standard InChI is InChI=1S/C19H20Cl2N2O4S/c20-15-3-1-14(18(21)13-15)2-8-19(24)22-16-4-6-17(7-5-16)28(25,26)23-9-11-27-12-10-23/h1,3-7,13H,2,8-12H2,(H,22,24). The van der Waals surface area contributed by atoms with Crippen molar-refractivity contribution < 1.29 is 17.9 Å². The molecule has 2 aromatic carbocycles. The molecule has 1 aliphatic rings. The Balaban J connectivity index is 1.58. The average Bonchev–Trinajstić information content (AvgIpc) is 2.68. The van der Waals surface area contributed by atoms with Crippen LogP contribution in [0.4, 0.5) is 5.69 Å². The highest BCUT2D eigenvalue weighted by molar-refractivity contribution is 7.89. The van der Waals surface area contributed by atoms with E-state index in [9.17, 15) is 13.2 Å². The van der Waals surface area contributed by atoms with Gasteiger partial charge in [0.05, 0.1) is 18.1 Å².